The largest absolute Gasteiger partial charge is 0.331 e. The zero-order valence-electron chi connectivity index (χ0n) is 17.8. The second-order valence-electron chi connectivity index (χ2n) is 7.76. The van der Waals surface area contributed by atoms with Crippen LogP contribution in [0.5, 0.6) is 0 Å². The fraction of sp³-hybridized carbons (Fsp3) is 0.217. The van der Waals surface area contributed by atoms with E-state index in [2.05, 4.69) is 15.4 Å². The maximum absolute atomic E-state index is 13.2. The number of hydrogen-bond acceptors (Lipinski definition) is 4. The number of hydrogen-bond donors (Lipinski definition) is 2. The Kier molecular flexibility index (Phi) is 5.32. The molecule has 0 bridgehead atoms. The lowest BCUT2D eigenvalue weighted by Gasteiger charge is -2.13. The van der Waals surface area contributed by atoms with Crippen molar-refractivity contribution in [2.45, 2.75) is 33.7 Å². The first kappa shape index (κ1) is 20.7. The minimum Gasteiger partial charge on any atom is -0.331 e. The number of H-pyrrole nitrogens is 1. The minimum absolute atomic E-state index is 0.113. The van der Waals surface area contributed by atoms with Crippen LogP contribution in [0, 0.1) is 18.6 Å². The van der Waals surface area contributed by atoms with E-state index in [4.69, 9.17) is 12.2 Å². The van der Waals surface area contributed by atoms with Crippen molar-refractivity contribution < 1.29 is 4.79 Å². The van der Waals surface area contributed by atoms with E-state index < -0.39 is 0 Å². The van der Waals surface area contributed by atoms with Gasteiger partial charge in [0.15, 0.2) is 4.77 Å². The lowest BCUT2D eigenvalue weighted by molar-refractivity contribution is 0.102. The van der Waals surface area contributed by atoms with Crippen LogP contribution in [-0.4, -0.2) is 25.2 Å². The molecule has 0 saturated heterocycles. The van der Waals surface area contributed by atoms with Crippen molar-refractivity contribution in [3.8, 4) is 5.69 Å². The molecular weight excluding hydrogens is 410 g/mol. The van der Waals surface area contributed by atoms with Crippen LogP contribution in [0.15, 0.2) is 53.5 Å². The fourth-order valence-corrected chi connectivity index (χ4v) is 3.86. The highest BCUT2D eigenvalue weighted by Crippen LogP contribution is 2.19. The van der Waals surface area contributed by atoms with Crippen LogP contribution in [0.4, 0.5) is 5.82 Å². The molecule has 0 aliphatic carbocycles. The van der Waals surface area contributed by atoms with Crippen molar-refractivity contribution in [3.05, 3.63) is 80.5 Å². The first-order chi connectivity index (χ1) is 14.8. The zero-order valence-corrected chi connectivity index (χ0v) is 18.6. The van der Waals surface area contributed by atoms with E-state index in [1.807, 2.05) is 45.9 Å². The van der Waals surface area contributed by atoms with E-state index in [-0.39, 0.29) is 22.3 Å². The SMILES string of the molecule is Cc1cccc(-n2c(=S)[nH]c3cc(C(=O)Nc4ccnn4C(C)C)ccc3c2=O)c1C. The Bertz CT molecular complexity index is 1430. The number of benzene rings is 2. The summed E-state index contributed by atoms with van der Waals surface area (Å²) in [6, 6.07) is 12.6. The number of rotatable bonds is 4. The summed E-state index contributed by atoms with van der Waals surface area (Å²) in [7, 11) is 0. The molecule has 2 heterocycles. The van der Waals surface area contributed by atoms with Gasteiger partial charge in [-0.15, -0.1) is 0 Å². The summed E-state index contributed by atoms with van der Waals surface area (Å²) in [5.74, 6) is 0.320. The van der Waals surface area contributed by atoms with E-state index in [1.165, 1.54) is 4.57 Å². The highest BCUT2D eigenvalue weighted by atomic mass is 32.1. The molecule has 0 aliphatic rings. The Morgan fingerprint density at radius 2 is 1.94 bits per heavy atom. The molecule has 0 unspecified atom stereocenters. The molecule has 1 amide bonds. The topological polar surface area (TPSA) is 84.7 Å². The van der Waals surface area contributed by atoms with Gasteiger partial charge in [-0.1, -0.05) is 12.1 Å². The van der Waals surface area contributed by atoms with Crippen molar-refractivity contribution >= 4 is 34.8 Å². The summed E-state index contributed by atoms with van der Waals surface area (Å²) in [6.07, 6.45) is 1.64. The second kappa shape index (κ2) is 7.96. The van der Waals surface area contributed by atoms with Crippen LogP contribution < -0.4 is 10.9 Å². The summed E-state index contributed by atoms with van der Waals surface area (Å²) in [6.45, 7) is 7.93. The maximum atomic E-state index is 13.2. The van der Waals surface area contributed by atoms with E-state index >= 15 is 0 Å². The van der Waals surface area contributed by atoms with Crippen molar-refractivity contribution in [1.29, 1.82) is 0 Å². The highest BCUT2D eigenvalue weighted by molar-refractivity contribution is 7.71. The average molecular weight is 434 g/mol. The van der Waals surface area contributed by atoms with Crippen molar-refractivity contribution in [1.82, 2.24) is 19.3 Å². The van der Waals surface area contributed by atoms with Gasteiger partial charge in [0.25, 0.3) is 11.5 Å². The van der Waals surface area contributed by atoms with Crippen LogP contribution in [0.25, 0.3) is 16.6 Å². The third-order valence-corrected chi connectivity index (χ3v) is 5.66. The molecule has 158 valence electrons. The summed E-state index contributed by atoms with van der Waals surface area (Å²) in [5, 5.41) is 7.55. The van der Waals surface area contributed by atoms with Gasteiger partial charge >= 0.3 is 0 Å². The summed E-state index contributed by atoms with van der Waals surface area (Å²) < 4.78 is 3.51. The molecule has 0 radical (unpaired) electrons. The first-order valence-corrected chi connectivity index (χ1v) is 10.4. The molecule has 7 nitrogen and oxygen atoms in total. The van der Waals surface area contributed by atoms with Crippen molar-refractivity contribution in [2.24, 2.45) is 0 Å². The molecule has 0 saturated carbocycles. The van der Waals surface area contributed by atoms with Gasteiger partial charge in [0.2, 0.25) is 0 Å². The van der Waals surface area contributed by atoms with E-state index in [0.29, 0.717) is 22.3 Å². The Morgan fingerprint density at radius 3 is 2.68 bits per heavy atom. The van der Waals surface area contributed by atoms with Crippen LogP contribution >= 0.6 is 12.2 Å². The third-order valence-electron chi connectivity index (χ3n) is 5.38. The van der Waals surface area contributed by atoms with Gasteiger partial charge in [0, 0.05) is 17.7 Å². The van der Waals surface area contributed by atoms with Crippen LogP contribution in [0.1, 0.15) is 41.4 Å². The lowest BCUT2D eigenvalue weighted by Crippen LogP contribution is -2.22. The molecule has 2 aromatic heterocycles. The molecule has 2 aromatic carbocycles. The van der Waals surface area contributed by atoms with Crippen LogP contribution in [0.2, 0.25) is 0 Å². The third kappa shape index (κ3) is 3.70. The Hall–Kier alpha value is -3.52. The van der Waals surface area contributed by atoms with Crippen LogP contribution in [-0.2, 0) is 0 Å². The maximum Gasteiger partial charge on any atom is 0.266 e. The lowest BCUT2D eigenvalue weighted by atomic mass is 10.1. The number of amides is 1. The number of aryl methyl sites for hydroxylation is 1. The molecule has 0 aliphatic heterocycles. The van der Waals surface area contributed by atoms with Crippen LogP contribution in [0.3, 0.4) is 0 Å². The van der Waals surface area contributed by atoms with E-state index in [1.54, 1.807) is 35.1 Å². The number of nitrogens with zero attached hydrogens (tertiary/aromatic N) is 3. The number of anilines is 1. The van der Waals surface area contributed by atoms with Gasteiger partial charge in [0.05, 0.1) is 22.8 Å². The second-order valence-corrected chi connectivity index (χ2v) is 8.15. The van der Waals surface area contributed by atoms with E-state index in [9.17, 15) is 9.59 Å². The molecule has 31 heavy (non-hydrogen) atoms. The minimum atomic E-state index is -0.290. The van der Waals surface area contributed by atoms with E-state index in [0.717, 1.165) is 16.8 Å². The Labute approximate surface area is 184 Å². The molecule has 8 heteroatoms. The molecule has 4 aromatic rings. The summed E-state index contributed by atoms with van der Waals surface area (Å²) >= 11 is 5.50. The fourth-order valence-electron chi connectivity index (χ4n) is 3.57. The summed E-state index contributed by atoms with van der Waals surface area (Å²) in [4.78, 5) is 29.1. The highest BCUT2D eigenvalue weighted by Gasteiger charge is 2.15. The smallest absolute Gasteiger partial charge is 0.266 e. The van der Waals surface area contributed by atoms with Gasteiger partial charge in [-0.05, 0) is 75.3 Å². The number of aromatic amines is 1. The first-order valence-electron chi connectivity index (χ1n) is 9.98. The number of carbonyl (C=O) groups is 1. The predicted octanol–water partition coefficient (Wildman–Crippen LogP) is 4.69. The number of aromatic nitrogens is 4. The number of nitrogens with one attached hydrogen (secondary N) is 2. The van der Waals surface area contributed by atoms with Gasteiger partial charge in [-0.25, -0.2) is 4.68 Å². The standard InChI is InChI=1S/C23H23N5O2S/c1-13(2)28-20(10-11-24-28)26-21(29)16-8-9-17-18(12-16)25-23(31)27(22(17)30)19-7-5-6-14(3)15(19)4/h5-13H,1-4H3,(H,25,31)(H,26,29). The monoisotopic (exact) mass is 433 g/mol. The molecule has 2 N–H and O–H groups in total. The van der Waals surface area contributed by atoms with Gasteiger partial charge in [-0.3, -0.25) is 14.2 Å². The number of fused-ring (bicyclic) bond motifs is 1. The molecule has 0 fully saturated rings. The Morgan fingerprint density at radius 1 is 1.16 bits per heavy atom. The number of carbonyl (C=O) groups excluding carboxylic acids is 1. The summed E-state index contributed by atoms with van der Waals surface area (Å²) in [5.41, 5.74) is 3.52. The van der Waals surface area contributed by atoms with Gasteiger partial charge < -0.3 is 10.3 Å². The molecule has 4 rings (SSSR count). The van der Waals surface area contributed by atoms with Gasteiger partial charge in [-0.2, -0.15) is 5.10 Å². The van der Waals surface area contributed by atoms with Crippen molar-refractivity contribution in [2.75, 3.05) is 5.32 Å². The normalized spacial score (nSPS) is 11.3. The average Bonchev–Trinajstić information content (AvgIpc) is 3.19. The molecule has 0 atom stereocenters. The van der Waals surface area contributed by atoms with Crippen molar-refractivity contribution in [3.63, 3.8) is 0 Å². The Balaban J connectivity index is 1.77. The quantitative estimate of drug-likeness (QED) is 0.457. The van der Waals surface area contributed by atoms with Gasteiger partial charge in [0.1, 0.15) is 5.82 Å². The molecule has 0 spiro atoms. The zero-order chi connectivity index (χ0) is 22.3. The predicted molar refractivity (Wildman–Crippen MR) is 125 cm³/mol. The molecular formula is C23H23N5O2S.